The third kappa shape index (κ3) is 5.97. The maximum absolute atomic E-state index is 11.3. The summed E-state index contributed by atoms with van der Waals surface area (Å²) in [4.78, 5) is 12.9. The van der Waals surface area contributed by atoms with Crippen LogP contribution in [0, 0.1) is 0 Å². The second-order valence-corrected chi connectivity index (χ2v) is 3.94. The predicted molar refractivity (Wildman–Crippen MR) is 60.3 cm³/mol. The van der Waals surface area contributed by atoms with Gasteiger partial charge < -0.3 is 10.2 Å². The van der Waals surface area contributed by atoms with Crippen LogP contribution < -0.4 is 5.32 Å². The van der Waals surface area contributed by atoms with Crippen molar-refractivity contribution >= 4 is 5.91 Å². The van der Waals surface area contributed by atoms with Crippen molar-refractivity contribution in [3.63, 3.8) is 0 Å². The molecular weight excluding hydrogens is 176 g/mol. The van der Waals surface area contributed by atoms with Crippen LogP contribution >= 0.6 is 0 Å². The maximum Gasteiger partial charge on any atom is 0.236 e. The molecule has 0 saturated carbocycles. The number of nitrogens with one attached hydrogen (secondary N) is 1. The highest BCUT2D eigenvalue weighted by molar-refractivity contribution is 5.77. The normalized spacial score (nSPS) is 10.6. The number of amides is 1. The Bertz CT molecular complexity index is 151. The van der Waals surface area contributed by atoms with E-state index in [-0.39, 0.29) is 5.91 Å². The summed E-state index contributed by atoms with van der Waals surface area (Å²) in [5, 5.41) is 3.31. The molecule has 1 amide bonds. The van der Waals surface area contributed by atoms with Crippen molar-refractivity contribution in [2.24, 2.45) is 0 Å². The summed E-state index contributed by atoms with van der Waals surface area (Å²) in [6.45, 7) is 4.83. The van der Waals surface area contributed by atoms with Crippen molar-refractivity contribution in [3.8, 4) is 0 Å². The first-order valence-electron chi connectivity index (χ1n) is 5.55. The average molecular weight is 200 g/mol. The largest absolute Gasteiger partial charge is 0.348 e. The lowest BCUT2D eigenvalue weighted by Gasteiger charge is -2.18. The van der Waals surface area contributed by atoms with E-state index in [1.54, 1.807) is 19.0 Å². The molecule has 0 aliphatic carbocycles. The van der Waals surface area contributed by atoms with E-state index in [1.807, 2.05) is 0 Å². The topological polar surface area (TPSA) is 32.3 Å². The molecule has 0 atom stereocenters. The van der Waals surface area contributed by atoms with Crippen LogP contribution in [-0.2, 0) is 4.79 Å². The van der Waals surface area contributed by atoms with Crippen LogP contribution in [0.1, 0.15) is 39.5 Å². The van der Waals surface area contributed by atoms with E-state index in [4.69, 9.17) is 0 Å². The third-order valence-corrected chi connectivity index (χ3v) is 2.32. The van der Waals surface area contributed by atoms with Crippen LogP contribution in [-0.4, -0.2) is 37.5 Å². The van der Waals surface area contributed by atoms with Crippen LogP contribution in [0.15, 0.2) is 0 Å². The molecule has 14 heavy (non-hydrogen) atoms. The van der Waals surface area contributed by atoms with Gasteiger partial charge in [-0.15, -0.1) is 0 Å². The van der Waals surface area contributed by atoms with Gasteiger partial charge in [-0.1, -0.05) is 26.7 Å². The van der Waals surface area contributed by atoms with Crippen molar-refractivity contribution < 1.29 is 4.79 Å². The Kier molecular flexibility index (Phi) is 7.48. The number of hydrogen-bond donors (Lipinski definition) is 1. The third-order valence-electron chi connectivity index (χ3n) is 2.32. The van der Waals surface area contributed by atoms with Crippen LogP contribution in [0.25, 0.3) is 0 Å². The van der Waals surface area contributed by atoms with Gasteiger partial charge in [-0.05, 0) is 12.8 Å². The fourth-order valence-electron chi connectivity index (χ4n) is 1.44. The first kappa shape index (κ1) is 13.4. The Balaban J connectivity index is 3.74. The van der Waals surface area contributed by atoms with E-state index in [1.165, 1.54) is 12.8 Å². The van der Waals surface area contributed by atoms with Gasteiger partial charge in [-0.3, -0.25) is 4.79 Å². The Labute approximate surface area is 87.9 Å². The fourth-order valence-corrected chi connectivity index (χ4v) is 1.44. The second-order valence-electron chi connectivity index (χ2n) is 3.94. The lowest BCUT2D eigenvalue weighted by molar-refractivity contribution is -0.127. The quantitative estimate of drug-likeness (QED) is 0.677. The smallest absolute Gasteiger partial charge is 0.236 e. The molecule has 0 aliphatic heterocycles. The summed E-state index contributed by atoms with van der Waals surface area (Å²) in [5.74, 6) is 0.155. The maximum atomic E-state index is 11.3. The van der Waals surface area contributed by atoms with Crippen LogP contribution in [0.4, 0.5) is 0 Å². The summed E-state index contributed by atoms with van der Waals surface area (Å²) in [6, 6.07) is 0.508. The fraction of sp³-hybridized carbons (Fsp3) is 0.909. The van der Waals surface area contributed by atoms with Crippen molar-refractivity contribution in [1.82, 2.24) is 10.2 Å². The molecule has 0 saturated heterocycles. The van der Waals surface area contributed by atoms with Crippen LogP contribution in [0.5, 0.6) is 0 Å². The molecule has 0 aromatic rings. The first-order chi connectivity index (χ1) is 6.61. The molecule has 0 unspecified atom stereocenters. The highest BCUT2D eigenvalue weighted by Gasteiger charge is 2.09. The van der Waals surface area contributed by atoms with Crippen molar-refractivity contribution in [2.75, 3.05) is 20.6 Å². The van der Waals surface area contributed by atoms with Crippen molar-refractivity contribution in [2.45, 2.75) is 45.6 Å². The van der Waals surface area contributed by atoms with Gasteiger partial charge in [0.05, 0.1) is 6.54 Å². The molecule has 0 aliphatic rings. The Morgan fingerprint density at radius 1 is 1.21 bits per heavy atom. The molecule has 0 rings (SSSR count). The Morgan fingerprint density at radius 2 is 1.71 bits per heavy atom. The van der Waals surface area contributed by atoms with E-state index in [9.17, 15) is 4.79 Å². The minimum absolute atomic E-state index is 0.155. The van der Waals surface area contributed by atoms with E-state index < -0.39 is 0 Å². The van der Waals surface area contributed by atoms with Gasteiger partial charge in [-0.2, -0.15) is 0 Å². The van der Waals surface area contributed by atoms with Gasteiger partial charge in [0.2, 0.25) is 5.91 Å². The monoisotopic (exact) mass is 200 g/mol. The van der Waals surface area contributed by atoms with Gasteiger partial charge in [0, 0.05) is 20.1 Å². The molecule has 3 heteroatoms. The molecule has 0 aromatic heterocycles. The van der Waals surface area contributed by atoms with Gasteiger partial charge in [0.1, 0.15) is 0 Å². The average Bonchev–Trinajstić information content (AvgIpc) is 2.14. The van der Waals surface area contributed by atoms with Gasteiger partial charge in [0.15, 0.2) is 0 Å². The Morgan fingerprint density at radius 3 is 2.07 bits per heavy atom. The molecule has 0 heterocycles. The first-order valence-corrected chi connectivity index (χ1v) is 5.55. The minimum atomic E-state index is 0.155. The summed E-state index contributed by atoms with van der Waals surface area (Å²) >= 11 is 0. The SMILES string of the molecule is CCCC(CCC)NCC(=O)N(C)C. The predicted octanol–water partition coefficient (Wildman–Crippen LogP) is 1.63. The van der Waals surface area contributed by atoms with Gasteiger partial charge >= 0.3 is 0 Å². The van der Waals surface area contributed by atoms with E-state index >= 15 is 0 Å². The van der Waals surface area contributed by atoms with E-state index in [0.717, 1.165) is 12.8 Å². The molecule has 3 nitrogen and oxygen atoms in total. The summed E-state index contributed by atoms with van der Waals surface area (Å²) in [6.07, 6.45) is 4.67. The number of nitrogens with zero attached hydrogens (tertiary/aromatic N) is 1. The highest BCUT2D eigenvalue weighted by Crippen LogP contribution is 2.03. The summed E-state index contributed by atoms with van der Waals surface area (Å²) in [5.41, 5.74) is 0. The zero-order valence-electron chi connectivity index (χ0n) is 9.97. The second kappa shape index (κ2) is 7.80. The zero-order valence-corrected chi connectivity index (χ0v) is 9.97. The zero-order chi connectivity index (χ0) is 11.0. The molecule has 0 radical (unpaired) electrons. The van der Waals surface area contributed by atoms with Crippen LogP contribution in [0.3, 0.4) is 0 Å². The van der Waals surface area contributed by atoms with Crippen molar-refractivity contribution in [3.05, 3.63) is 0 Å². The molecule has 0 bridgehead atoms. The standard InChI is InChI=1S/C11H24N2O/c1-5-7-10(8-6-2)12-9-11(14)13(3)4/h10,12H,5-9H2,1-4H3. The summed E-state index contributed by atoms with van der Waals surface area (Å²) < 4.78 is 0. The molecule has 1 N–H and O–H groups in total. The lowest BCUT2D eigenvalue weighted by Crippen LogP contribution is -2.38. The molecule has 0 fully saturated rings. The van der Waals surface area contributed by atoms with Gasteiger partial charge in [0.25, 0.3) is 0 Å². The molecule has 0 spiro atoms. The molecular formula is C11H24N2O. The number of hydrogen-bond acceptors (Lipinski definition) is 2. The van der Waals surface area contributed by atoms with E-state index in [0.29, 0.717) is 12.6 Å². The Hall–Kier alpha value is -0.570. The van der Waals surface area contributed by atoms with Crippen molar-refractivity contribution in [1.29, 1.82) is 0 Å². The van der Waals surface area contributed by atoms with Gasteiger partial charge in [-0.25, -0.2) is 0 Å². The highest BCUT2D eigenvalue weighted by atomic mass is 16.2. The molecule has 84 valence electrons. The van der Waals surface area contributed by atoms with Crippen LogP contribution in [0.2, 0.25) is 0 Å². The number of rotatable bonds is 7. The number of likely N-dealkylation sites (N-methyl/N-ethyl adjacent to an activating group) is 1. The summed E-state index contributed by atoms with van der Waals surface area (Å²) in [7, 11) is 3.58. The lowest BCUT2D eigenvalue weighted by atomic mass is 10.1. The van der Waals surface area contributed by atoms with E-state index in [2.05, 4.69) is 19.2 Å². The number of carbonyl (C=O) groups excluding carboxylic acids is 1. The number of carbonyl (C=O) groups is 1. The minimum Gasteiger partial charge on any atom is -0.348 e. The molecule has 0 aromatic carbocycles.